The Hall–Kier alpha value is -3.19. The molecule has 1 aromatic heterocycles. The first-order valence-electron chi connectivity index (χ1n) is 11.0. The third-order valence-electron chi connectivity index (χ3n) is 5.65. The third-order valence-corrected chi connectivity index (χ3v) is 6.67. The van der Waals surface area contributed by atoms with E-state index in [1.54, 1.807) is 0 Å². The van der Waals surface area contributed by atoms with Gasteiger partial charge in [-0.1, -0.05) is 54.6 Å². The number of amides is 3. The van der Waals surface area contributed by atoms with E-state index in [9.17, 15) is 9.59 Å². The Morgan fingerprint density at radius 3 is 2.66 bits per heavy atom. The zero-order valence-corrected chi connectivity index (χ0v) is 19.0. The van der Waals surface area contributed by atoms with Gasteiger partial charge in [-0.15, -0.1) is 11.3 Å². The fourth-order valence-electron chi connectivity index (χ4n) is 3.85. The summed E-state index contributed by atoms with van der Waals surface area (Å²) in [6, 6.07) is 17.8. The van der Waals surface area contributed by atoms with Crippen molar-refractivity contribution >= 4 is 23.3 Å². The summed E-state index contributed by atoms with van der Waals surface area (Å²) in [4.78, 5) is 31.3. The van der Waals surface area contributed by atoms with E-state index in [0.29, 0.717) is 25.9 Å². The number of rotatable bonds is 7. The molecule has 2 N–H and O–H groups in total. The number of fused-ring (bicyclic) bond motifs is 1. The van der Waals surface area contributed by atoms with Crippen LogP contribution in [-0.2, 0) is 17.8 Å². The van der Waals surface area contributed by atoms with Gasteiger partial charge in [0.2, 0.25) is 5.91 Å². The van der Waals surface area contributed by atoms with E-state index in [-0.39, 0.29) is 18.0 Å². The highest BCUT2D eigenvalue weighted by Gasteiger charge is 2.20. The Kier molecular flexibility index (Phi) is 7.17. The molecule has 32 heavy (non-hydrogen) atoms. The summed E-state index contributed by atoms with van der Waals surface area (Å²) in [5.74, 6) is 0.145. The molecule has 3 aromatic rings. The summed E-state index contributed by atoms with van der Waals surface area (Å²) in [5.41, 5.74) is 4.54. The van der Waals surface area contributed by atoms with Crippen molar-refractivity contribution in [1.29, 1.82) is 0 Å². The Balaban J connectivity index is 1.17. The molecule has 0 bridgehead atoms. The predicted octanol–water partition coefficient (Wildman–Crippen LogP) is 4.54. The molecule has 4 rings (SSSR count). The minimum Gasteiger partial charge on any atom is -0.338 e. The lowest BCUT2D eigenvalue weighted by Gasteiger charge is -2.29. The Morgan fingerprint density at radius 1 is 1.09 bits per heavy atom. The van der Waals surface area contributed by atoms with Gasteiger partial charge in [0.25, 0.3) is 0 Å². The van der Waals surface area contributed by atoms with Crippen LogP contribution < -0.4 is 10.6 Å². The van der Waals surface area contributed by atoms with Gasteiger partial charge in [0.15, 0.2) is 0 Å². The molecule has 2 heterocycles. The maximum atomic E-state index is 12.5. The summed E-state index contributed by atoms with van der Waals surface area (Å²) in [7, 11) is 0. The molecule has 1 unspecified atom stereocenters. The van der Waals surface area contributed by atoms with E-state index >= 15 is 0 Å². The number of thiazole rings is 1. The summed E-state index contributed by atoms with van der Waals surface area (Å²) in [5, 5.41) is 8.64. The van der Waals surface area contributed by atoms with E-state index in [4.69, 9.17) is 0 Å². The molecule has 1 aliphatic heterocycles. The van der Waals surface area contributed by atoms with Gasteiger partial charge in [-0.2, -0.15) is 0 Å². The molecule has 0 spiro atoms. The number of aromatic nitrogens is 1. The lowest BCUT2D eigenvalue weighted by molar-refractivity contribution is -0.132. The van der Waals surface area contributed by atoms with Crippen molar-refractivity contribution < 1.29 is 9.59 Å². The van der Waals surface area contributed by atoms with E-state index in [2.05, 4.69) is 27.8 Å². The number of urea groups is 1. The lowest BCUT2D eigenvalue weighted by atomic mass is 9.99. The standard InChI is InChI=1S/C25H28N4O2S/c1-18(24-28-22(17-32-24)20-9-3-2-4-10-20)27-25(31)26-14-7-12-23(30)29-15-13-19-8-5-6-11-21(19)16-29/h2-6,8-11,17-18H,7,12-16H2,1H3,(H2,26,27,31). The van der Waals surface area contributed by atoms with Crippen LogP contribution in [0.1, 0.15) is 41.9 Å². The van der Waals surface area contributed by atoms with Crippen LogP contribution in [0.25, 0.3) is 11.3 Å². The van der Waals surface area contributed by atoms with Gasteiger partial charge >= 0.3 is 6.03 Å². The fraction of sp³-hybridized carbons (Fsp3) is 0.320. The largest absolute Gasteiger partial charge is 0.338 e. The van der Waals surface area contributed by atoms with Gasteiger partial charge in [-0.05, 0) is 30.9 Å². The highest BCUT2D eigenvalue weighted by molar-refractivity contribution is 7.10. The van der Waals surface area contributed by atoms with Crippen LogP contribution in [-0.4, -0.2) is 34.9 Å². The molecule has 7 heteroatoms. The van der Waals surface area contributed by atoms with Crippen molar-refractivity contribution in [2.45, 2.75) is 38.8 Å². The number of benzene rings is 2. The van der Waals surface area contributed by atoms with Crippen LogP contribution in [0, 0.1) is 0 Å². The van der Waals surface area contributed by atoms with Crippen molar-refractivity contribution in [1.82, 2.24) is 20.5 Å². The second-order valence-electron chi connectivity index (χ2n) is 8.00. The van der Waals surface area contributed by atoms with Crippen molar-refractivity contribution in [2.75, 3.05) is 13.1 Å². The zero-order valence-electron chi connectivity index (χ0n) is 18.2. The third kappa shape index (κ3) is 5.53. The van der Waals surface area contributed by atoms with Gasteiger partial charge in [0.1, 0.15) is 5.01 Å². The summed E-state index contributed by atoms with van der Waals surface area (Å²) in [6.45, 7) is 3.83. The first-order chi connectivity index (χ1) is 15.6. The topological polar surface area (TPSA) is 74.3 Å². The fourth-order valence-corrected chi connectivity index (χ4v) is 4.68. The van der Waals surface area contributed by atoms with Crippen LogP contribution >= 0.6 is 11.3 Å². The van der Waals surface area contributed by atoms with Gasteiger partial charge < -0.3 is 15.5 Å². The summed E-state index contributed by atoms with van der Waals surface area (Å²) in [6.07, 6.45) is 1.96. The van der Waals surface area contributed by atoms with E-state index in [0.717, 1.165) is 29.2 Å². The quantitative estimate of drug-likeness (QED) is 0.521. The normalized spacial score (nSPS) is 13.8. The monoisotopic (exact) mass is 448 g/mol. The average molecular weight is 449 g/mol. The molecule has 2 aromatic carbocycles. The maximum absolute atomic E-state index is 12.5. The van der Waals surface area contributed by atoms with Crippen LogP contribution in [0.3, 0.4) is 0 Å². The highest BCUT2D eigenvalue weighted by Crippen LogP contribution is 2.25. The predicted molar refractivity (Wildman–Crippen MR) is 127 cm³/mol. The molecule has 3 amide bonds. The first-order valence-corrected chi connectivity index (χ1v) is 11.9. The first kappa shape index (κ1) is 22.0. The second kappa shape index (κ2) is 10.4. The molecule has 0 saturated heterocycles. The molecule has 166 valence electrons. The van der Waals surface area contributed by atoms with Gasteiger partial charge in [-0.25, -0.2) is 9.78 Å². The van der Waals surface area contributed by atoms with Gasteiger partial charge in [0, 0.05) is 37.0 Å². The van der Waals surface area contributed by atoms with Crippen LogP contribution in [0.4, 0.5) is 4.79 Å². The van der Waals surface area contributed by atoms with Gasteiger partial charge in [-0.3, -0.25) is 4.79 Å². The van der Waals surface area contributed by atoms with Crippen molar-refractivity contribution in [3.8, 4) is 11.3 Å². The number of nitrogens with one attached hydrogen (secondary N) is 2. The summed E-state index contributed by atoms with van der Waals surface area (Å²) < 4.78 is 0. The SMILES string of the molecule is CC(NC(=O)NCCCC(=O)N1CCc2ccccc2C1)c1nc(-c2ccccc2)cs1. The molecule has 0 saturated carbocycles. The van der Waals surface area contributed by atoms with Crippen LogP contribution in [0.5, 0.6) is 0 Å². The Morgan fingerprint density at radius 2 is 1.84 bits per heavy atom. The molecule has 6 nitrogen and oxygen atoms in total. The maximum Gasteiger partial charge on any atom is 0.315 e. The van der Waals surface area contributed by atoms with Crippen LogP contribution in [0.15, 0.2) is 60.0 Å². The molecule has 0 fully saturated rings. The second-order valence-corrected chi connectivity index (χ2v) is 8.89. The van der Waals surface area contributed by atoms with Crippen molar-refractivity contribution in [3.05, 3.63) is 76.1 Å². The molecule has 1 aliphatic rings. The van der Waals surface area contributed by atoms with Crippen molar-refractivity contribution in [2.24, 2.45) is 0 Å². The molecular weight excluding hydrogens is 420 g/mol. The molecular formula is C25H28N4O2S. The van der Waals surface area contributed by atoms with E-state index in [1.165, 1.54) is 22.5 Å². The molecule has 0 aliphatic carbocycles. The van der Waals surface area contributed by atoms with Gasteiger partial charge in [0.05, 0.1) is 11.7 Å². The Labute approximate surface area is 192 Å². The summed E-state index contributed by atoms with van der Waals surface area (Å²) >= 11 is 1.53. The smallest absolute Gasteiger partial charge is 0.315 e. The van der Waals surface area contributed by atoms with Crippen molar-refractivity contribution in [3.63, 3.8) is 0 Å². The number of carbonyl (C=O) groups is 2. The zero-order chi connectivity index (χ0) is 22.3. The lowest BCUT2D eigenvalue weighted by Crippen LogP contribution is -2.38. The Bertz CT molecular complexity index is 1070. The van der Waals surface area contributed by atoms with Crippen LogP contribution in [0.2, 0.25) is 0 Å². The highest BCUT2D eigenvalue weighted by atomic mass is 32.1. The number of nitrogens with zero attached hydrogens (tertiary/aromatic N) is 2. The van der Waals surface area contributed by atoms with E-state index < -0.39 is 0 Å². The number of hydrogen-bond acceptors (Lipinski definition) is 4. The molecule has 1 atom stereocenters. The number of carbonyl (C=O) groups excluding carboxylic acids is 2. The minimum absolute atomic E-state index is 0.145. The number of hydrogen-bond donors (Lipinski definition) is 2. The average Bonchev–Trinajstić information content (AvgIpc) is 3.32. The van der Waals surface area contributed by atoms with E-state index in [1.807, 2.05) is 59.7 Å². The minimum atomic E-state index is -0.242. The molecule has 0 radical (unpaired) electrons.